The first kappa shape index (κ1) is 13.9. The zero-order chi connectivity index (χ0) is 14.2. The van der Waals surface area contributed by atoms with E-state index in [4.69, 9.17) is 5.73 Å². The molecule has 0 aromatic heterocycles. The van der Waals surface area contributed by atoms with Crippen LogP contribution in [-0.4, -0.2) is 25.6 Å². The van der Waals surface area contributed by atoms with Gasteiger partial charge in [0.2, 0.25) is 5.91 Å². The summed E-state index contributed by atoms with van der Waals surface area (Å²) in [6.07, 6.45) is 1.84. The second kappa shape index (κ2) is 4.85. The molecule has 2 rings (SSSR count). The Kier molecular flexibility index (Phi) is 3.54. The number of para-hydroxylation sites is 1. The number of benzene rings is 1. The Morgan fingerprint density at radius 3 is 2.63 bits per heavy atom. The molecule has 0 saturated heterocycles. The smallest absolute Gasteiger partial charge is 0.238 e. The predicted octanol–water partition coefficient (Wildman–Crippen LogP) is 1.02. The van der Waals surface area contributed by atoms with Gasteiger partial charge in [0.15, 0.2) is 9.84 Å². The van der Waals surface area contributed by atoms with Crippen LogP contribution in [0.5, 0.6) is 0 Å². The summed E-state index contributed by atoms with van der Waals surface area (Å²) in [6.45, 7) is 3.14. The lowest BCUT2D eigenvalue weighted by molar-refractivity contribution is -0.120. The summed E-state index contributed by atoms with van der Waals surface area (Å²) in [4.78, 5) is 11.9. The Labute approximate surface area is 113 Å². The third-order valence-corrected chi connectivity index (χ3v) is 5.46. The molecule has 0 heterocycles. The fourth-order valence-corrected chi connectivity index (χ4v) is 3.25. The number of nitrogens with one attached hydrogen (secondary N) is 1. The fourth-order valence-electron chi connectivity index (χ4n) is 1.78. The molecule has 1 aromatic carbocycles. The molecule has 0 aliphatic heterocycles. The molecule has 104 valence electrons. The van der Waals surface area contributed by atoms with Crippen LogP contribution in [-0.2, 0) is 14.6 Å². The highest BCUT2D eigenvalue weighted by atomic mass is 32.2. The van der Waals surface area contributed by atoms with Crippen LogP contribution in [0, 0.1) is 6.92 Å². The topological polar surface area (TPSA) is 89.3 Å². The van der Waals surface area contributed by atoms with E-state index in [2.05, 4.69) is 5.32 Å². The average molecular weight is 282 g/mol. The van der Waals surface area contributed by atoms with Gasteiger partial charge in [-0.2, -0.15) is 0 Å². The number of nitrogen functional groups attached to an aromatic ring is 1. The molecule has 3 N–H and O–H groups in total. The first-order chi connectivity index (χ1) is 8.84. The van der Waals surface area contributed by atoms with Gasteiger partial charge in [-0.3, -0.25) is 4.79 Å². The standard InChI is InChI=1S/C13H18N2O3S/c1-8-4-3-5-11(12(8)14)19(17,18)9(2)13(16)15-10-6-7-10/h3-5,9-10H,6-7,14H2,1-2H3,(H,15,16). The number of nitrogens with two attached hydrogens (primary N) is 1. The van der Waals surface area contributed by atoms with E-state index in [1.165, 1.54) is 13.0 Å². The highest BCUT2D eigenvalue weighted by molar-refractivity contribution is 7.93. The van der Waals surface area contributed by atoms with Gasteiger partial charge in [-0.15, -0.1) is 0 Å². The first-order valence-electron chi connectivity index (χ1n) is 6.23. The second-order valence-electron chi connectivity index (χ2n) is 4.96. The molecule has 5 nitrogen and oxygen atoms in total. The van der Waals surface area contributed by atoms with Crippen molar-refractivity contribution < 1.29 is 13.2 Å². The number of hydrogen-bond donors (Lipinski definition) is 2. The van der Waals surface area contributed by atoms with Crippen LogP contribution in [0.4, 0.5) is 5.69 Å². The van der Waals surface area contributed by atoms with Crippen LogP contribution in [0.2, 0.25) is 0 Å². The quantitative estimate of drug-likeness (QED) is 0.807. The minimum atomic E-state index is -3.75. The van der Waals surface area contributed by atoms with E-state index in [-0.39, 0.29) is 16.6 Å². The Morgan fingerprint density at radius 2 is 2.05 bits per heavy atom. The zero-order valence-corrected chi connectivity index (χ0v) is 11.8. The lowest BCUT2D eigenvalue weighted by atomic mass is 10.2. The number of anilines is 1. The van der Waals surface area contributed by atoms with Crippen molar-refractivity contribution in [1.82, 2.24) is 5.32 Å². The molecule has 6 heteroatoms. The van der Waals surface area contributed by atoms with E-state index in [0.717, 1.165) is 12.8 Å². The van der Waals surface area contributed by atoms with E-state index < -0.39 is 21.0 Å². The summed E-state index contributed by atoms with van der Waals surface area (Å²) < 4.78 is 24.8. The minimum absolute atomic E-state index is 0.0333. The minimum Gasteiger partial charge on any atom is -0.397 e. The zero-order valence-electron chi connectivity index (χ0n) is 11.0. The Bertz CT molecular complexity index is 606. The van der Waals surface area contributed by atoms with Crippen molar-refractivity contribution in [1.29, 1.82) is 0 Å². The van der Waals surface area contributed by atoms with E-state index >= 15 is 0 Å². The maximum atomic E-state index is 12.4. The highest BCUT2D eigenvalue weighted by Gasteiger charge is 2.34. The molecule has 1 aliphatic carbocycles. The summed E-state index contributed by atoms with van der Waals surface area (Å²) in [7, 11) is -3.75. The maximum Gasteiger partial charge on any atom is 0.238 e. The van der Waals surface area contributed by atoms with Crippen LogP contribution < -0.4 is 11.1 Å². The summed E-state index contributed by atoms with van der Waals surface area (Å²) in [5.74, 6) is -0.455. The van der Waals surface area contributed by atoms with Gasteiger partial charge in [0.05, 0.1) is 10.6 Å². The lowest BCUT2D eigenvalue weighted by Crippen LogP contribution is -2.39. The van der Waals surface area contributed by atoms with E-state index in [9.17, 15) is 13.2 Å². The van der Waals surface area contributed by atoms with Crippen LogP contribution in [0.25, 0.3) is 0 Å². The van der Waals surface area contributed by atoms with Crippen molar-refractivity contribution in [3.05, 3.63) is 23.8 Å². The van der Waals surface area contributed by atoms with Gasteiger partial charge in [0.1, 0.15) is 5.25 Å². The number of carbonyl (C=O) groups excluding carboxylic acids is 1. The number of carbonyl (C=O) groups is 1. The Morgan fingerprint density at radius 1 is 1.42 bits per heavy atom. The van der Waals surface area contributed by atoms with Crippen LogP contribution >= 0.6 is 0 Å². The normalized spacial score (nSPS) is 16.9. The summed E-state index contributed by atoms with van der Waals surface area (Å²) in [5.41, 5.74) is 6.72. The van der Waals surface area contributed by atoms with E-state index in [1.807, 2.05) is 0 Å². The molecular formula is C13H18N2O3S. The summed E-state index contributed by atoms with van der Waals surface area (Å²) in [6, 6.07) is 4.95. The molecule has 1 amide bonds. The molecule has 0 radical (unpaired) electrons. The van der Waals surface area contributed by atoms with Crippen LogP contribution in [0.3, 0.4) is 0 Å². The number of hydrogen-bond acceptors (Lipinski definition) is 4. The molecule has 1 aromatic rings. The Balaban J connectivity index is 2.30. The molecule has 1 saturated carbocycles. The van der Waals surface area contributed by atoms with Gasteiger partial charge in [-0.25, -0.2) is 8.42 Å². The van der Waals surface area contributed by atoms with Gasteiger partial charge in [-0.1, -0.05) is 12.1 Å². The van der Waals surface area contributed by atoms with Crippen molar-refractivity contribution in [2.24, 2.45) is 0 Å². The van der Waals surface area contributed by atoms with Crippen LogP contribution in [0.15, 0.2) is 23.1 Å². The average Bonchev–Trinajstić information content (AvgIpc) is 3.15. The van der Waals surface area contributed by atoms with Gasteiger partial charge >= 0.3 is 0 Å². The summed E-state index contributed by atoms with van der Waals surface area (Å²) >= 11 is 0. The summed E-state index contributed by atoms with van der Waals surface area (Å²) in [5, 5.41) is 1.58. The maximum absolute atomic E-state index is 12.4. The number of sulfone groups is 1. The molecular weight excluding hydrogens is 264 g/mol. The van der Waals surface area contributed by atoms with Crippen molar-refractivity contribution >= 4 is 21.4 Å². The second-order valence-corrected chi connectivity index (χ2v) is 7.19. The third-order valence-electron chi connectivity index (χ3n) is 3.35. The molecule has 1 unspecified atom stereocenters. The fraction of sp³-hybridized carbons (Fsp3) is 0.462. The first-order valence-corrected chi connectivity index (χ1v) is 7.78. The molecule has 1 fully saturated rings. The van der Waals surface area contributed by atoms with Gasteiger partial charge in [0, 0.05) is 6.04 Å². The largest absolute Gasteiger partial charge is 0.397 e. The van der Waals surface area contributed by atoms with Crippen molar-refractivity contribution in [2.45, 2.75) is 42.9 Å². The predicted molar refractivity (Wildman–Crippen MR) is 73.4 cm³/mol. The number of amides is 1. The SMILES string of the molecule is Cc1cccc(S(=O)(=O)C(C)C(=O)NC2CC2)c1N. The molecule has 1 atom stereocenters. The molecule has 0 bridgehead atoms. The van der Waals surface area contributed by atoms with Crippen LogP contribution in [0.1, 0.15) is 25.3 Å². The number of aryl methyl sites for hydroxylation is 1. The Hall–Kier alpha value is -1.56. The van der Waals surface area contributed by atoms with Gasteiger partial charge in [-0.05, 0) is 38.3 Å². The van der Waals surface area contributed by atoms with Gasteiger partial charge in [0.25, 0.3) is 0 Å². The van der Waals surface area contributed by atoms with Crippen molar-refractivity contribution in [2.75, 3.05) is 5.73 Å². The number of rotatable bonds is 4. The van der Waals surface area contributed by atoms with Gasteiger partial charge < -0.3 is 11.1 Å². The highest BCUT2D eigenvalue weighted by Crippen LogP contribution is 2.26. The molecule has 1 aliphatic rings. The third kappa shape index (κ3) is 2.73. The molecule has 19 heavy (non-hydrogen) atoms. The van der Waals surface area contributed by atoms with E-state index in [0.29, 0.717) is 5.56 Å². The monoisotopic (exact) mass is 282 g/mol. The van der Waals surface area contributed by atoms with E-state index in [1.54, 1.807) is 19.1 Å². The van der Waals surface area contributed by atoms with Crippen molar-refractivity contribution in [3.8, 4) is 0 Å². The lowest BCUT2D eigenvalue weighted by Gasteiger charge is -2.15. The van der Waals surface area contributed by atoms with Crippen molar-refractivity contribution in [3.63, 3.8) is 0 Å². The molecule has 0 spiro atoms.